The molecule has 3 amide bonds. The number of thiophene rings is 1. The van der Waals surface area contributed by atoms with Crippen molar-refractivity contribution < 1.29 is 9.59 Å². The standard InChI is InChI=1S/C17H20N4O2S2/c1-9-3-4-11-12(7-9)25-15-13(11)14(19-8-20-15)24-10(2)16(22)21-6-5-18-17(21)23/h8-10H,3-7H2,1-2H3,(H,18,23)/t9-,10-/m0/s1. The van der Waals surface area contributed by atoms with E-state index in [2.05, 4.69) is 22.2 Å². The van der Waals surface area contributed by atoms with Gasteiger partial charge in [0.2, 0.25) is 5.91 Å². The van der Waals surface area contributed by atoms with Gasteiger partial charge in [-0.25, -0.2) is 14.8 Å². The lowest BCUT2D eigenvalue weighted by atomic mass is 9.89. The molecule has 1 aliphatic heterocycles. The fourth-order valence-electron chi connectivity index (χ4n) is 3.45. The molecule has 1 saturated heterocycles. The Hall–Kier alpha value is -1.67. The monoisotopic (exact) mass is 376 g/mol. The Kier molecular flexibility index (Phi) is 4.41. The summed E-state index contributed by atoms with van der Waals surface area (Å²) in [6.45, 7) is 5.09. The lowest BCUT2D eigenvalue weighted by Crippen LogP contribution is -2.38. The van der Waals surface area contributed by atoms with Crippen LogP contribution in [0, 0.1) is 5.92 Å². The average Bonchev–Trinajstić information content (AvgIpc) is 3.17. The van der Waals surface area contributed by atoms with E-state index in [1.54, 1.807) is 17.7 Å². The Morgan fingerprint density at radius 1 is 1.48 bits per heavy atom. The van der Waals surface area contributed by atoms with E-state index in [1.807, 2.05) is 6.92 Å². The van der Waals surface area contributed by atoms with Crippen LogP contribution < -0.4 is 5.32 Å². The lowest BCUT2D eigenvalue weighted by Gasteiger charge is -2.19. The molecule has 0 spiro atoms. The average molecular weight is 377 g/mol. The third kappa shape index (κ3) is 3.01. The van der Waals surface area contributed by atoms with Crippen molar-refractivity contribution in [3.8, 4) is 0 Å². The van der Waals surface area contributed by atoms with Gasteiger partial charge >= 0.3 is 6.03 Å². The van der Waals surface area contributed by atoms with E-state index < -0.39 is 0 Å². The number of hydrogen-bond acceptors (Lipinski definition) is 6. The quantitative estimate of drug-likeness (QED) is 0.658. The van der Waals surface area contributed by atoms with Crippen molar-refractivity contribution in [1.82, 2.24) is 20.2 Å². The highest BCUT2D eigenvalue weighted by molar-refractivity contribution is 8.00. The molecule has 8 heteroatoms. The topological polar surface area (TPSA) is 75.2 Å². The number of thioether (sulfide) groups is 1. The van der Waals surface area contributed by atoms with Gasteiger partial charge in [0.1, 0.15) is 16.2 Å². The van der Waals surface area contributed by atoms with Crippen LogP contribution >= 0.6 is 23.1 Å². The molecule has 132 valence electrons. The Balaban J connectivity index is 1.63. The summed E-state index contributed by atoms with van der Waals surface area (Å²) in [6.07, 6.45) is 4.91. The number of fused-ring (bicyclic) bond motifs is 3. The minimum absolute atomic E-state index is 0.163. The molecule has 1 fully saturated rings. The third-order valence-corrected chi connectivity index (χ3v) is 7.07. The maximum absolute atomic E-state index is 12.6. The first kappa shape index (κ1) is 16.8. The van der Waals surface area contributed by atoms with Gasteiger partial charge in [0, 0.05) is 23.4 Å². The van der Waals surface area contributed by atoms with Crippen molar-refractivity contribution in [2.24, 2.45) is 5.92 Å². The molecule has 1 N–H and O–H groups in total. The molecule has 2 aromatic heterocycles. The molecule has 6 nitrogen and oxygen atoms in total. The molecule has 1 aliphatic carbocycles. The van der Waals surface area contributed by atoms with Crippen molar-refractivity contribution in [2.75, 3.05) is 13.1 Å². The molecule has 25 heavy (non-hydrogen) atoms. The van der Waals surface area contributed by atoms with Gasteiger partial charge in [-0.15, -0.1) is 11.3 Å². The second-order valence-corrected chi connectivity index (χ2v) is 9.11. The zero-order chi connectivity index (χ0) is 17.6. The van der Waals surface area contributed by atoms with E-state index in [0.717, 1.165) is 28.1 Å². The van der Waals surface area contributed by atoms with Gasteiger partial charge < -0.3 is 5.32 Å². The van der Waals surface area contributed by atoms with Gasteiger partial charge in [-0.1, -0.05) is 18.7 Å². The molecule has 0 radical (unpaired) electrons. The highest BCUT2D eigenvalue weighted by Gasteiger charge is 2.31. The van der Waals surface area contributed by atoms with Gasteiger partial charge in [-0.05, 0) is 37.7 Å². The zero-order valence-electron chi connectivity index (χ0n) is 14.2. The Labute approximate surface area is 154 Å². The maximum Gasteiger partial charge on any atom is 0.324 e. The van der Waals surface area contributed by atoms with Crippen molar-refractivity contribution in [2.45, 2.75) is 43.4 Å². The normalized spacial score (nSPS) is 21.3. The van der Waals surface area contributed by atoms with Crippen LogP contribution in [0.2, 0.25) is 0 Å². The third-order valence-electron chi connectivity index (χ3n) is 4.82. The Morgan fingerprint density at radius 3 is 3.08 bits per heavy atom. The first-order chi connectivity index (χ1) is 12.0. The van der Waals surface area contributed by atoms with Crippen LogP contribution in [0.25, 0.3) is 10.2 Å². The number of rotatable bonds is 3. The molecular weight excluding hydrogens is 356 g/mol. The molecule has 3 heterocycles. The minimum Gasteiger partial charge on any atom is -0.336 e. The van der Waals surface area contributed by atoms with Crippen LogP contribution in [0.5, 0.6) is 0 Å². The van der Waals surface area contributed by atoms with E-state index in [4.69, 9.17) is 0 Å². The summed E-state index contributed by atoms with van der Waals surface area (Å²) in [5, 5.41) is 4.29. The summed E-state index contributed by atoms with van der Waals surface area (Å²) in [5.74, 6) is 0.545. The van der Waals surface area contributed by atoms with Crippen molar-refractivity contribution >= 4 is 45.3 Å². The number of carbonyl (C=O) groups excluding carboxylic acids is 2. The van der Waals surface area contributed by atoms with Crippen LogP contribution in [-0.2, 0) is 17.6 Å². The molecule has 2 atom stereocenters. The molecule has 4 rings (SSSR count). The first-order valence-corrected chi connectivity index (χ1v) is 10.3. The number of hydrogen-bond donors (Lipinski definition) is 1. The van der Waals surface area contributed by atoms with Crippen molar-refractivity contribution in [1.29, 1.82) is 0 Å². The van der Waals surface area contributed by atoms with Crippen LogP contribution in [0.3, 0.4) is 0 Å². The van der Waals surface area contributed by atoms with E-state index >= 15 is 0 Å². The number of imide groups is 1. The van der Waals surface area contributed by atoms with Crippen molar-refractivity contribution in [3.05, 3.63) is 16.8 Å². The van der Waals surface area contributed by atoms with Gasteiger partial charge in [0.25, 0.3) is 0 Å². The van der Waals surface area contributed by atoms with Gasteiger partial charge in [-0.3, -0.25) is 9.69 Å². The number of aromatic nitrogens is 2. The highest BCUT2D eigenvalue weighted by atomic mass is 32.2. The number of nitrogens with one attached hydrogen (secondary N) is 1. The van der Waals surface area contributed by atoms with Gasteiger partial charge in [0.05, 0.1) is 5.25 Å². The summed E-state index contributed by atoms with van der Waals surface area (Å²) < 4.78 is 0. The first-order valence-electron chi connectivity index (χ1n) is 8.55. The van der Waals surface area contributed by atoms with Crippen LogP contribution in [0.1, 0.15) is 30.7 Å². The molecule has 0 unspecified atom stereocenters. The number of urea groups is 1. The number of nitrogens with zero attached hydrogens (tertiary/aromatic N) is 3. The summed E-state index contributed by atoms with van der Waals surface area (Å²) in [7, 11) is 0. The van der Waals surface area contributed by atoms with E-state index in [1.165, 1.54) is 33.5 Å². The maximum atomic E-state index is 12.6. The smallest absolute Gasteiger partial charge is 0.324 e. The molecule has 0 aromatic carbocycles. The van der Waals surface area contributed by atoms with Gasteiger partial charge in [-0.2, -0.15) is 0 Å². The summed E-state index contributed by atoms with van der Waals surface area (Å²) >= 11 is 3.19. The fraction of sp³-hybridized carbons (Fsp3) is 0.529. The largest absolute Gasteiger partial charge is 0.336 e. The van der Waals surface area contributed by atoms with E-state index in [9.17, 15) is 9.59 Å². The predicted octanol–water partition coefficient (Wildman–Crippen LogP) is 2.85. The summed E-state index contributed by atoms with van der Waals surface area (Å²) in [4.78, 5) is 36.9. The van der Waals surface area contributed by atoms with Crippen LogP contribution in [0.15, 0.2) is 11.4 Å². The second kappa shape index (κ2) is 6.57. The molecule has 2 aromatic rings. The molecule has 2 aliphatic rings. The Bertz CT molecular complexity index is 851. The van der Waals surface area contributed by atoms with Crippen molar-refractivity contribution in [3.63, 3.8) is 0 Å². The van der Waals surface area contributed by atoms with Crippen LogP contribution in [0.4, 0.5) is 4.79 Å². The van der Waals surface area contributed by atoms with Crippen LogP contribution in [-0.4, -0.2) is 45.1 Å². The fourth-order valence-corrected chi connectivity index (χ4v) is 5.88. The number of aryl methyl sites for hydroxylation is 1. The van der Waals surface area contributed by atoms with E-state index in [0.29, 0.717) is 19.0 Å². The lowest BCUT2D eigenvalue weighted by molar-refractivity contribution is -0.126. The summed E-state index contributed by atoms with van der Waals surface area (Å²) in [5.41, 5.74) is 1.36. The minimum atomic E-state index is -0.361. The highest BCUT2D eigenvalue weighted by Crippen LogP contribution is 2.41. The predicted molar refractivity (Wildman–Crippen MR) is 99.0 cm³/mol. The zero-order valence-corrected chi connectivity index (χ0v) is 15.9. The molecular formula is C17H20N4O2S2. The summed E-state index contributed by atoms with van der Waals surface area (Å²) in [6, 6.07) is -0.299. The molecule has 0 bridgehead atoms. The van der Waals surface area contributed by atoms with Gasteiger partial charge in [0.15, 0.2) is 0 Å². The Morgan fingerprint density at radius 2 is 2.32 bits per heavy atom. The SMILES string of the molecule is C[C@H]1CCc2c(sc3ncnc(S[C@@H](C)C(=O)N4CCNC4=O)c23)C1. The number of carbonyl (C=O) groups is 2. The second-order valence-electron chi connectivity index (χ2n) is 6.69. The molecule has 0 saturated carbocycles. The number of amides is 3. The van der Waals surface area contributed by atoms with E-state index in [-0.39, 0.29) is 17.2 Å².